The van der Waals surface area contributed by atoms with Gasteiger partial charge in [0.2, 0.25) is 0 Å². The first-order chi connectivity index (χ1) is 20.0. The molecule has 6 aromatic carbocycles. The van der Waals surface area contributed by atoms with E-state index in [0.29, 0.717) is 0 Å². The third kappa shape index (κ3) is 3.63. The normalized spacial score (nSPS) is 13.4. The molecule has 1 aliphatic carbocycles. The Hall–Kier alpha value is -4.59. The molecule has 0 radical (unpaired) electrons. The molecule has 2 heteroatoms. The SMILES string of the molecule is CC1(C)c2ccccc2-c2ccc(-c3ccc(-n4c5ccccc5c5ccccc54)c(-c4ccc(Cl)cc4)c3)cc21. The van der Waals surface area contributed by atoms with Gasteiger partial charge in [-0.2, -0.15) is 0 Å². The zero-order chi connectivity index (χ0) is 27.7. The lowest BCUT2D eigenvalue weighted by atomic mass is 9.81. The lowest BCUT2D eigenvalue weighted by Gasteiger charge is -2.22. The molecule has 0 N–H and O–H groups in total. The number of rotatable bonds is 3. The average Bonchev–Trinajstić information content (AvgIpc) is 3.46. The summed E-state index contributed by atoms with van der Waals surface area (Å²) < 4.78 is 2.40. The topological polar surface area (TPSA) is 4.93 Å². The van der Waals surface area contributed by atoms with Crippen molar-refractivity contribution >= 4 is 33.4 Å². The Bertz CT molecular complexity index is 2080. The van der Waals surface area contributed by atoms with E-state index in [1.54, 1.807) is 0 Å². The first kappa shape index (κ1) is 24.2. The highest BCUT2D eigenvalue weighted by Gasteiger charge is 2.35. The van der Waals surface area contributed by atoms with E-state index in [9.17, 15) is 0 Å². The summed E-state index contributed by atoms with van der Waals surface area (Å²) in [5, 5.41) is 3.26. The second kappa shape index (κ2) is 8.96. The molecule has 0 spiro atoms. The summed E-state index contributed by atoms with van der Waals surface area (Å²) in [5.41, 5.74) is 13.7. The molecular weight excluding hydrogens is 518 g/mol. The number of para-hydroxylation sites is 2. The molecule has 0 unspecified atom stereocenters. The largest absolute Gasteiger partial charge is 0.309 e. The fourth-order valence-corrected chi connectivity index (χ4v) is 6.96. The van der Waals surface area contributed by atoms with Crippen molar-refractivity contribution in [3.63, 3.8) is 0 Å². The molecule has 1 nitrogen and oxygen atoms in total. The highest BCUT2D eigenvalue weighted by atomic mass is 35.5. The number of benzene rings is 6. The summed E-state index contributed by atoms with van der Waals surface area (Å²) in [6.45, 7) is 4.68. The Morgan fingerprint density at radius 3 is 1.78 bits per heavy atom. The number of halogens is 1. The molecule has 0 saturated carbocycles. The van der Waals surface area contributed by atoms with E-state index in [-0.39, 0.29) is 5.41 Å². The van der Waals surface area contributed by atoms with E-state index in [1.807, 2.05) is 12.1 Å². The van der Waals surface area contributed by atoms with Crippen molar-refractivity contribution in [1.82, 2.24) is 4.57 Å². The van der Waals surface area contributed by atoms with Gasteiger partial charge in [-0.25, -0.2) is 0 Å². The Morgan fingerprint density at radius 1 is 0.488 bits per heavy atom. The van der Waals surface area contributed by atoms with Gasteiger partial charge in [0.25, 0.3) is 0 Å². The number of hydrogen-bond acceptors (Lipinski definition) is 0. The minimum Gasteiger partial charge on any atom is -0.309 e. The molecule has 0 fully saturated rings. The van der Waals surface area contributed by atoms with Crippen molar-refractivity contribution in [1.29, 1.82) is 0 Å². The molecule has 41 heavy (non-hydrogen) atoms. The second-order valence-electron chi connectivity index (χ2n) is 11.5. The van der Waals surface area contributed by atoms with Crippen LogP contribution in [0.1, 0.15) is 25.0 Å². The van der Waals surface area contributed by atoms with Crippen LogP contribution in [0.3, 0.4) is 0 Å². The monoisotopic (exact) mass is 545 g/mol. The maximum Gasteiger partial charge on any atom is 0.0541 e. The van der Waals surface area contributed by atoms with Gasteiger partial charge in [-0.3, -0.25) is 0 Å². The maximum absolute atomic E-state index is 6.34. The van der Waals surface area contributed by atoms with Crippen molar-refractivity contribution < 1.29 is 0 Å². The van der Waals surface area contributed by atoms with Gasteiger partial charge in [-0.1, -0.05) is 116 Å². The molecule has 196 valence electrons. The predicted octanol–water partition coefficient (Wildman–Crippen LogP) is 11.1. The third-order valence-electron chi connectivity index (χ3n) is 8.89. The molecule has 1 heterocycles. The molecule has 7 aromatic rings. The Morgan fingerprint density at radius 2 is 1.05 bits per heavy atom. The second-order valence-corrected chi connectivity index (χ2v) is 12.0. The Kier molecular flexibility index (Phi) is 5.29. The molecule has 1 aliphatic rings. The van der Waals surface area contributed by atoms with Gasteiger partial charge >= 0.3 is 0 Å². The number of hydrogen-bond donors (Lipinski definition) is 0. The van der Waals surface area contributed by atoms with Crippen molar-refractivity contribution in [3.8, 4) is 39.1 Å². The van der Waals surface area contributed by atoms with E-state index in [1.165, 1.54) is 60.8 Å². The van der Waals surface area contributed by atoms with Crippen LogP contribution in [0.2, 0.25) is 5.02 Å². The summed E-state index contributed by atoms with van der Waals surface area (Å²) >= 11 is 6.34. The highest BCUT2D eigenvalue weighted by Crippen LogP contribution is 2.49. The molecule has 8 rings (SSSR count). The molecule has 0 atom stereocenters. The van der Waals surface area contributed by atoms with Crippen LogP contribution >= 0.6 is 11.6 Å². The van der Waals surface area contributed by atoms with Gasteiger partial charge in [-0.15, -0.1) is 0 Å². The van der Waals surface area contributed by atoms with E-state index >= 15 is 0 Å². The standard InChI is InChI=1S/C39H28ClN/c1-39(2)34-12-6-3-9-29(34)30-21-17-27(24-35(30)39)26-18-22-38(33(23-26)25-15-19-28(40)20-16-25)41-36-13-7-4-10-31(36)32-11-5-8-14-37(32)41/h3-24H,1-2H3. The molecule has 0 amide bonds. The number of nitrogens with zero attached hydrogens (tertiary/aromatic N) is 1. The summed E-state index contributed by atoms with van der Waals surface area (Å²) in [7, 11) is 0. The van der Waals surface area contributed by atoms with Crippen LogP contribution in [0.4, 0.5) is 0 Å². The molecule has 0 bridgehead atoms. The Labute approximate surface area is 245 Å². The predicted molar refractivity (Wildman–Crippen MR) is 174 cm³/mol. The van der Waals surface area contributed by atoms with Gasteiger partial charge in [0.15, 0.2) is 0 Å². The first-order valence-corrected chi connectivity index (χ1v) is 14.5. The molecule has 0 saturated heterocycles. The van der Waals surface area contributed by atoms with Gasteiger partial charge in [0.05, 0.1) is 16.7 Å². The molecule has 0 aliphatic heterocycles. The van der Waals surface area contributed by atoms with Crippen molar-refractivity contribution in [2.75, 3.05) is 0 Å². The number of aromatic nitrogens is 1. The summed E-state index contributed by atoms with van der Waals surface area (Å²) in [4.78, 5) is 0. The van der Waals surface area contributed by atoms with Crippen molar-refractivity contribution in [3.05, 3.63) is 150 Å². The lowest BCUT2D eigenvalue weighted by Crippen LogP contribution is -2.14. The third-order valence-corrected chi connectivity index (χ3v) is 9.14. The van der Waals surface area contributed by atoms with Crippen molar-refractivity contribution in [2.45, 2.75) is 19.3 Å². The van der Waals surface area contributed by atoms with Gasteiger partial charge in [0, 0.05) is 26.8 Å². The quantitative estimate of drug-likeness (QED) is 0.208. The minimum atomic E-state index is -0.0378. The van der Waals surface area contributed by atoms with Gasteiger partial charge in [0.1, 0.15) is 0 Å². The summed E-state index contributed by atoms with van der Waals surface area (Å²) in [6.07, 6.45) is 0. The number of fused-ring (bicyclic) bond motifs is 6. The zero-order valence-corrected chi connectivity index (χ0v) is 23.8. The van der Waals surface area contributed by atoms with Gasteiger partial charge < -0.3 is 4.57 Å². The highest BCUT2D eigenvalue weighted by molar-refractivity contribution is 6.30. The van der Waals surface area contributed by atoms with Gasteiger partial charge in [-0.05, 0) is 81.4 Å². The van der Waals surface area contributed by atoms with E-state index < -0.39 is 0 Å². The zero-order valence-electron chi connectivity index (χ0n) is 23.0. The summed E-state index contributed by atoms with van der Waals surface area (Å²) in [5.74, 6) is 0. The van der Waals surface area contributed by atoms with E-state index in [0.717, 1.165) is 16.3 Å². The van der Waals surface area contributed by atoms with Crippen LogP contribution in [0, 0.1) is 0 Å². The fraction of sp³-hybridized carbons (Fsp3) is 0.0769. The smallest absolute Gasteiger partial charge is 0.0541 e. The van der Waals surface area contributed by atoms with Crippen LogP contribution in [0.25, 0.3) is 60.9 Å². The van der Waals surface area contributed by atoms with E-state index in [2.05, 4.69) is 140 Å². The van der Waals surface area contributed by atoms with Crippen molar-refractivity contribution in [2.24, 2.45) is 0 Å². The minimum absolute atomic E-state index is 0.0378. The van der Waals surface area contributed by atoms with Crippen LogP contribution < -0.4 is 0 Å². The van der Waals surface area contributed by atoms with Crippen LogP contribution in [0.5, 0.6) is 0 Å². The summed E-state index contributed by atoms with van der Waals surface area (Å²) in [6, 6.07) is 48.3. The average molecular weight is 546 g/mol. The van der Waals surface area contributed by atoms with E-state index in [4.69, 9.17) is 11.6 Å². The first-order valence-electron chi connectivity index (χ1n) is 14.1. The molecular formula is C39H28ClN. The van der Waals surface area contributed by atoms with Crippen LogP contribution in [-0.2, 0) is 5.41 Å². The maximum atomic E-state index is 6.34. The molecule has 1 aromatic heterocycles. The Balaban J connectivity index is 1.36. The fourth-order valence-electron chi connectivity index (χ4n) is 6.84. The lowest BCUT2D eigenvalue weighted by molar-refractivity contribution is 0.660. The van der Waals surface area contributed by atoms with Crippen LogP contribution in [-0.4, -0.2) is 4.57 Å². The van der Waals surface area contributed by atoms with Crippen LogP contribution in [0.15, 0.2) is 133 Å².